The first kappa shape index (κ1) is 23.1. The number of carbonyl (C=O) groups is 2. The molecule has 3 aromatic rings. The van der Waals surface area contributed by atoms with E-state index in [1.165, 1.54) is 25.0 Å². The topological polar surface area (TPSA) is 71.8 Å². The van der Waals surface area contributed by atoms with Crippen LogP contribution < -0.4 is 10.1 Å². The molecule has 7 heteroatoms. The van der Waals surface area contributed by atoms with E-state index < -0.39 is 0 Å². The Hall–Kier alpha value is -3.61. The molecule has 6 nitrogen and oxygen atoms in total. The van der Waals surface area contributed by atoms with Crippen LogP contribution in [0.1, 0.15) is 65.2 Å². The summed E-state index contributed by atoms with van der Waals surface area (Å²) >= 11 is 0. The summed E-state index contributed by atoms with van der Waals surface area (Å²) in [5.74, 6) is 1.60. The summed E-state index contributed by atoms with van der Waals surface area (Å²) in [6, 6.07) is 15.3. The standard InChI is InChI=1S/C28H29FN2O4/c1-2-26(32)31-14-13-19-7-10-22(15-24(19)27(31)20-5-8-21(29)9-6-20)34-17-23-11-12-25(35-23)28(33)30-16-18-3-4-18/h5-12,15,18,27H,2-4,13-14,16-17H2,1H3,(H,30,33). The van der Waals surface area contributed by atoms with E-state index in [9.17, 15) is 14.0 Å². The molecule has 1 unspecified atom stereocenters. The molecule has 0 bridgehead atoms. The minimum absolute atomic E-state index is 0.0550. The maximum absolute atomic E-state index is 13.6. The highest BCUT2D eigenvalue weighted by atomic mass is 19.1. The highest BCUT2D eigenvalue weighted by Gasteiger charge is 2.31. The van der Waals surface area contributed by atoms with E-state index >= 15 is 0 Å². The van der Waals surface area contributed by atoms with Crippen molar-refractivity contribution in [2.45, 2.75) is 45.3 Å². The van der Waals surface area contributed by atoms with Gasteiger partial charge in [-0.05, 0) is 78.3 Å². The van der Waals surface area contributed by atoms with Gasteiger partial charge in [-0.3, -0.25) is 9.59 Å². The van der Waals surface area contributed by atoms with Gasteiger partial charge in [-0.2, -0.15) is 0 Å². The van der Waals surface area contributed by atoms with Crippen LogP contribution >= 0.6 is 0 Å². The molecule has 5 rings (SSSR count). The number of hydrogen-bond acceptors (Lipinski definition) is 4. The molecule has 1 aromatic heterocycles. The molecule has 35 heavy (non-hydrogen) atoms. The third-order valence-electron chi connectivity index (χ3n) is 6.67. The zero-order chi connectivity index (χ0) is 24.4. The van der Waals surface area contributed by atoms with Gasteiger partial charge >= 0.3 is 0 Å². The quantitative estimate of drug-likeness (QED) is 0.496. The van der Waals surface area contributed by atoms with Crippen LogP contribution in [0.5, 0.6) is 5.75 Å². The zero-order valence-electron chi connectivity index (χ0n) is 19.8. The van der Waals surface area contributed by atoms with E-state index in [-0.39, 0.29) is 36.0 Å². The Kier molecular flexibility index (Phi) is 6.57. The molecule has 2 amide bonds. The number of halogens is 1. The van der Waals surface area contributed by atoms with Crippen LogP contribution in [0.2, 0.25) is 0 Å². The van der Waals surface area contributed by atoms with Crippen LogP contribution in [0.3, 0.4) is 0 Å². The predicted molar refractivity (Wildman–Crippen MR) is 128 cm³/mol. The van der Waals surface area contributed by atoms with Crippen molar-refractivity contribution in [2.75, 3.05) is 13.1 Å². The number of amides is 2. The maximum Gasteiger partial charge on any atom is 0.287 e. The van der Waals surface area contributed by atoms with Crippen LogP contribution in [0, 0.1) is 11.7 Å². The summed E-state index contributed by atoms with van der Waals surface area (Å²) in [4.78, 5) is 26.8. The van der Waals surface area contributed by atoms with Gasteiger partial charge in [-0.25, -0.2) is 4.39 Å². The predicted octanol–water partition coefficient (Wildman–Crippen LogP) is 5.02. The monoisotopic (exact) mass is 476 g/mol. The van der Waals surface area contributed by atoms with Gasteiger partial charge in [0.2, 0.25) is 5.91 Å². The van der Waals surface area contributed by atoms with Gasteiger partial charge < -0.3 is 19.4 Å². The van der Waals surface area contributed by atoms with Gasteiger partial charge in [0.05, 0.1) is 6.04 Å². The Morgan fingerprint density at radius 3 is 2.66 bits per heavy atom. The van der Waals surface area contributed by atoms with E-state index in [2.05, 4.69) is 5.32 Å². The second-order valence-corrected chi connectivity index (χ2v) is 9.21. The Labute approximate surface area is 204 Å². The van der Waals surface area contributed by atoms with E-state index in [1.807, 2.05) is 30.0 Å². The number of hydrogen-bond donors (Lipinski definition) is 1. The largest absolute Gasteiger partial charge is 0.486 e. The minimum atomic E-state index is -0.311. The lowest BCUT2D eigenvalue weighted by molar-refractivity contribution is -0.132. The van der Waals surface area contributed by atoms with Gasteiger partial charge in [0, 0.05) is 19.5 Å². The Balaban J connectivity index is 1.33. The van der Waals surface area contributed by atoms with E-state index in [1.54, 1.807) is 24.3 Å². The average molecular weight is 477 g/mol. The number of carbonyl (C=O) groups excluding carboxylic acids is 2. The van der Waals surface area contributed by atoms with E-state index in [4.69, 9.17) is 9.15 Å². The Morgan fingerprint density at radius 1 is 1.11 bits per heavy atom. The number of nitrogens with one attached hydrogen (secondary N) is 1. The van der Waals surface area contributed by atoms with Gasteiger partial charge in [-0.15, -0.1) is 0 Å². The van der Waals surface area contributed by atoms with Crippen molar-refractivity contribution in [2.24, 2.45) is 5.92 Å². The molecule has 2 aromatic carbocycles. The van der Waals surface area contributed by atoms with Crippen LogP contribution in [-0.2, 0) is 17.8 Å². The second kappa shape index (κ2) is 9.94. The summed E-state index contributed by atoms with van der Waals surface area (Å²) in [7, 11) is 0. The Bertz CT molecular complexity index is 1220. The molecule has 1 atom stereocenters. The number of nitrogens with zero attached hydrogens (tertiary/aromatic N) is 1. The third kappa shape index (κ3) is 5.24. The van der Waals surface area contributed by atoms with Crippen molar-refractivity contribution < 1.29 is 23.1 Å². The fourth-order valence-corrected chi connectivity index (χ4v) is 4.54. The molecule has 182 valence electrons. The fourth-order valence-electron chi connectivity index (χ4n) is 4.54. The van der Waals surface area contributed by atoms with Crippen molar-refractivity contribution in [1.82, 2.24) is 10.2 Å². The molecular formula is C28H29FN2O4. The first-order chi connectivity index (χ1) is 17.0. The second-order valence-electron chi connectivity index (χ2n) is 9.21. The zero-order valence-corrected chi connectivity index (χ0v) is 19.8. The minimum Gasteiger partial charge on any atom is -0.486 e. The Morgan fingerprint density at radius 2 is 1.91 bits per heavy atom. The van der Waals surface area contributed by atoms with Crippen molar-refractivity contribution in [3.63, 3.8) is 0 Å². The van der Waals surface area contributed by atoms with Crippen LogP contribution in [-0.4, -0.2) is 29.8 Å². The number of fused-ring (bicyclic) bond motifs is 1. The number of furan rings is 1. The molecule has 0 radical (unpaired) electrons. The van der Waals surface area contributed by atoms with Crippen LogP contribution in [0.4, 0.5) is 4.39 Å². The SMILES string of the molecule is CCC(=O)N1CCc2ccc(OCc3ccc(C(=O)NCC4CC4)o3)cc2C1c1ccc(F)cc1. The van der Waals surface area contributed by atoms with Gasteiger partial charge in [0.25, 0.3) is 5.91 Å². The lowest BCUT2D eigenvalue weighted by atomic mass is 9.87. The highest BCUT2D eigenvalue weighted by molar-refractivity contribution is 5.91. The lowest BCUT2D eigenvalue weighted by Crippen LogP contribution is -2.40. The van der Waals surface area contributed by atoms with Crippen molar-refractivity contribution in [1.29, 1.82) is 0 Å². The summed E-state index contributed by atoms with van der Waals surface area (Å²) in [5.41, 5.74) is 2.97. The molecule has 1 N–H and O–H groups in total. The molecule has 2 aliphatic rings. The first-order valence-electron chi connectivity index (χ1n) is 12.2. The number of benzene rings is 2. The van der Waals surface area contributed by atoms with Crippen molar-refractivity contribution >= 4 is 11.8 Å². The summed E-state index contributed by atoms with van der Waals surface area (Å²) in [6.45, 7) is 3.32. The first-order valence-corrected chi connectivity index (χ1v) is 12.2. The van der Waals surface area contributed by atoms with E-state index in [0.717, 1.165) is 23.1 Å². The van der Waals surface area contributed by atoms with E-state index in [0.29, 0.717) is 36.9 Å². The van der Waals surface area contributed by atoms with Crippen molar-refractivity contribution in [3.05, 3.63) is 88.6 Å². The number of rotatable bonds is 8. The molecule has 0 spiro atoms. The van der Waals surface area contributed by atoms with Crippen molar-refractivity contribution in [3.8, 4) is 5.75 Å². The maximum atomic E-state index is 13.6. The van der Waals surface area contributed by atoms with Gasteiger partial charge in [0.1, 0.15) is 23.9 Å². The highest BCUT2D eigenvalue weighted by Crippen LogP contribution is 2.37. The van der Waals surface area contributed by atoms with Crippen LogP contribution in [0.25, 0.3) is 0 Å². The fraction of sp³-hybridized carbons (Fsp3) is 0.357. The molecular weight excluding hydrogens is 447 g/mol. The molecule has 1 aliphatic heterocycles. The average Bonchev–Trinajstić information content (AvgIpc) is 3.60. The van der Waals surface area contributed by atoms with Gasteiger partial charge in [0.15, 0.2) is 5.76 Å². The lowest BCUT2D eigenvalue weighted by Gasteiger charge is -2.38. The normalized spacial score (nSPS) is 17.1. The summed E-state index contributed by atoms with van der Waals surface area (Å²) in [6.07, 6.45) is 3.49. The molecule has 0 saturated heterocycles. The third-order valence-corrected chi connectivity index (χ3v) is 6.67. The molecule has 2 heterocycles. The van der Waals surface area contributed by atoms with Gasteiger partial charge in [-0.1, -0.05) is 25.1 Å². The molecule has 1 saturated carbocycles. The molecule has 1 aliphatic carbocycles. The summed E-state index contributed by atoms with van der Waals surface area (Å²) in [5, 5.41) is 2.89. The number of ether oxygens (including phenoxy) is 1. The molecule has 1 fully saturated rings. The van der Waals surface area contributed by atoms with Crippen LogP contribution in [0.15, 0.2) is 59.0 Å². The summed E-state index contributed by atoms with van der Waals surface area (Å²) < 4.78 is 25.3. The smallest absolute Gasteiger partial charge is 0.287 e.